The summed E-state index contributed by atoms with van der Waals surface area (Å²) in [5.74, 6) is 0. The van der Waals surface area contributed by atoms with Crippen molar-refractivity contribution in [2.24, 2.45) is 0 Å². The molecular formula is C10H22O2Si. The predicted molar refractivity (Wildman–Crippen MR) is 57.5 cm³/mol. The molecular weight excluding hydrogens is 180 g/mol. The highest BCUT2D eigenvalue weighted by Crippen LogP contribution is 2.38. The zero-order chi connectivity index (χ0) is 10.3. The van der Waals surface area contributed by atoms with E-state index in [1.54, 1.807) is 0 Å². The minimum absolute atomic E-state index is 0.279. The smallest absolute Gasteiger partial charge is 0.192 e. The molecule has 1 aliphatic heterocycles. The first-order valence-electron chi connectivity index (χ1n) is 5.03. The highest BCUT2D eigenvalue weighted by atomic mass is 28.4. The molecule has 0 aromatic rings. The van der Waals surface area contributed by atoms with Crippen LogP contribution in [0, 0.1) is 0 Å². The van der Waals surface area contributed by atoms with Crippen LogP contribution in [0.15, 0.2) is 0 Å². The highest BCUT2D eigenvalue weighted by molar-refractivity contribution is 6.74. The maximum atomic E-state index is 6.14. The fourth-order valence-corrected chi connectivity index (χ4v) is 2.48. The fraction of sp³-hybridized carbons (Fsp3) is 1.00. The number of hydrogen-bond acceptors (Lipinski definition) is 2. The van der Waals surface area contributed by atoms with Crippen molar-refractivity contribution in [1.82, 2.24) is 0 Å². The third-order valence-corrected chi connectivity index (χ3v) is 7.74. The molecule has 1 fully saturated rings. The third-order valence-electron chi connectivity index (χ3n) is 3.17. The first-order chi connectivity index (χ1) is 5.74. The summed E-state index contributed by atoms with van der Waals surface area (Å²) in [5.41, 5.74) is 0. The Bertz CT molecular complexity index is 180. The summed E-state index contributed by atoms with van der Waals surface area (Å²) in [6.45, 7) is 14.4. The van der Waals surface area contributed by atoms with Gasteiger partial charge in [-0.1, -0.05) is 20.8 Å². The van der Waals surface area contributed by atoms with Crippen molar-refractivity contribution >= 4 is 8.32 Å². The molecule has 0 radical (unpaired) electrons. The molecule has 0 amide bonds. The molecule has 1 heterocycles. The van der Waals surface area contributed by atoms with Gasteiger partial charge in [-0.25, -0.2) is 0 Å². The van der Waals surface area contributed by atoms with E-state index in [4.69, 9.17) is 9.16 Å². The lowest BCUT2D eigenvalue weighted by Crippen LogP contribution is -2.44. The Morgan fingerprint density at radius 2 is 1.85 bits per heavy atom. The van der Waals surface area contributed by atoms with Gasteiger partial charge in [0.1, 0.15) is 6.10 Å². The van der Waals surface area contributed by atoms with E-state index in [-0.39, 0.29) is 6.10 Å². The summed E-state index contributed by atoms with van der Waals surface area (Å²) in [6, 6.07) is 0. The van der Waals surface area contributed by atoms with Gasteiger partial charge in [-0.3, -0.25) is 0 Å². The molecule has 13 heavy (non-hydrogen) atoms. The molecule has 0 unspecified atom stereocenters. The first-order valence-corrected chi connectivity index (χ1v) is 7.94. The van der Waals surface area contributed by atoms with Crippen molar-refractivity contribution in [3.05, 3.63) is 0 Å². The highest BCUT2D eigenvalue weighted by Gasteiger charge is 2.41. The first kappa shape index (κ1) is 11.2. The van der Waals surface area contributed by atoms with Crippen LogP contribution in [0.2, 0.25) is 18.1 Å². The van der Waals surface area contributed by atoms with E-state index < -0.39 is 8.32 Å². The molecule has 0 aromatic carbocycles. The van der Waals surface area contributed by atoms with Crippen LogP contribution < -0.4 is 0 Å². The second-order valence-corrected chi connectivity index (χ2v) is 10.2. The number of hydrogen-bond donors (Lipinski definition) is 0. The maximum absolute atomic E-state index is 6.14. The Labute approximate surface area is 82.7 Å². The van der Waals surface area contributed by atoms with Crippen LogP contribution in [0.4, 0.5) is 0 Å². The molecule has 0 aromatic heterocycles. The SMILES string of the molecule is C[C@H](O[Si](C)(C)C(C)(C)C)[C@H]1CO1. The Balaban J connectivity index is 2.49. The fourth-order valence-electron chi connectivity index (χ4n) is 1.04. The van der Waals surface area contributed by atoms with Gasteiger partial charge in [0.2, 0.25) is 0 Å². The molecule has 1 aliphatic rings. The number of ether oxygens (including phenoxy) is 1. The van der Waals surface area contributed by atoms with Gasteiger partial charge in [0.05, 0.1) is 12.7 Å². The van der Waals surface area contributed by atoms with E-state index in [1.807, 2.05) is 0 Å². The van der Waals surface area contributed by atoms with Gasteiger partial charge in [-0.05, 0) is 25.1 Å². The molecule has 0 saturated carbocycles. The van der Waals surface area contributed by atoms with Crippen molar-refractivity contribution in [3.63, 3.8) is 0 Å². The molecule has 3 heteroatoms. The summed E-state index contributed by atoms with van der Waals surface area (Å²) in [7, 11) is -1.57. The lowest BCUT2D eigenvalue weighted by atomic mass is 10.2. The van der Waals surface area contributed by atoms with Gasteiger partial charge < -0.3 is 9.16 Å². The largest absolute Gasteiger partial charge is 0.411 e. The molecule has 0 N–H and O–H groups in total. The van der Waals surface area contributed by atoms with Crippen LogP contribution in [-0.2, 0) is 9.16 Å². The van der Waals surface area contributed by atoms with Gasteiger partial charge in [-0.15, -0.1) is 0 Å². The van der Waals surface area contributed by atoms with Crippen molar-refractivity contribution in [1.29, 1.82) is 0 Å². The molecule has 2 nitrogen and oxygen atoms in total. The van der Waals surface area contributed by atoms with E-state index in [9.17, 15) is 0 Å². The van der Waals surface area contributed by atoms with Crippen molar-refractivity contribution in [2.75, 3.05) is 6.61 Å². The number of epoxide rings is 1. The Morgan fingerprint density at radius 3 is 2.15 bits per heavy atom. The van der Waals surface area contributed by atoms with Crippen LogP contribution in [0.5, 0.6) is 0 Å². The summed E-state index contributed by atoms with van der Waals surface area (Å²) in [4.78, 5) is 0. The lowest BCUT2D eigenvalue weighted by Gasteiger charge is -2.38. The Kier molecular flexibility index (Phi) is 2.91. The second kappa shape index (κ2) is 3.37. The van der Waals surface area contributed by atoms with E-state index in [2.05, 4.69) is 40.8 Å². The van der Waals surface area contributed by atoms with Crippen molar-refractivity contribution in [3.8, 4) is 0 Å². The molecule has 1 rings (SSSR count). The monoisotopic (exact) mass is 202 g/mol. The topological polar surface area (TPSA) is 21.8 Å². The standard InChI is InChI=1S/C10H22O2Si/c1-8(9-7-11-9)12-13(5,6)10(2,3)4/h8-9H,7H2,1-6H3/t8-,9+/m0/s1. The Morgan fingerprint density at radius 1 is 1.38 bits per heavy atom. The quantitative estimate of drug-likeness (QED) is 0.518. The van der Waals surface area contributed by atoms with Gasteiger partial charge in [0.25, 0.3) is 0 Å². The molecule has 78 valence electrons. The zero-order valence-electron chi connectivity index (χ0n) is 9.68. The zero-order valence-corrected chi connectivity index (χ0v) is 10.7. The lowest BCUT2D eigenvalue weighted by molar-refractivity contribution is 0.159. The molecule has 0 bridgehead atoms. The minimum atomic E-state index is -1.57. The van der Waals surface area contributed by atoms with Crippen LogP contribution in [-0.4, -0.2) is 27.1 Å². The van der Waals surface area contributed by atoms with E-state index in [0.717, 1.165) is 6.61 Å². The van der Waals surface area contributed by atoms with Gasteiger partial charge in [0.15, 0.2) is 8.32 Å². The summed E-state index contributed by atoms with van der Waals surface area (Å²) in [6.07, 6.45) is 0.648. The van der Waals surface area contributed by atoms with Crippen LogP contribution >= 0.6 is 0 Å². The molecule has 1 saturated heterocycles. The molecule has 0 aliphatic carbocycles. The van der Waals surface area contributed by atoms with Crippen LogP contribution in [0.25, 0.3) is 0 Å². The second-order valence-electron chi connectivity index (χ2n) is 5.46. The van der Waals surface area contributed by atoms with Crippen LogP contribution in [0.3, 0.4) is 0 Å². The average Bonchev–Trinajstić information content (AvgIpc) is 2.62. The predicted octanol–water partition coefficient (Wildman–Crippen LogP) is 2.80. The summed E-state index contributed by atoms with van der Waals surface area (Å²) >= 11 is 0. The van der Waals surface area contributed by atoms with E-state index in [1.165, 1.54) is 0 Å². The van der Waals surface area contributed by atoms with Gasteiger partial charge >= 0.3 is 0 Å². The third kappa shape index (κ3) is 2.79. The maximum Gasteiger partial charge on any atom is 0.192 e. The normalized spacial score (nSPS) is 25.8. The van der Waals surface area contributed by atoms with Crippen molar-refractivity contribution < 1.29 is 9.16 Å². The average molecular weight is 202 g/mol. The summed E-state index contributed by atoms with van der Waals surface area (Å²) < 4.78 is 11.4. The van der Waals surface area contributed by atoms with E-state index >= 15 is 0 Å². The van der Waals surface area contributed by atoms with Crippen LogP contribution in [0.1, 0.15) is 27.7 Å². The van der Waals surface area contributed by atoms with Crippen molar-refractivity contribution in [2.45, 2.75) is 58.0 Å². The van der Waals surface area contributed by atoms with Gasteiger partial charge in [0, 0.05) is 0 Å². The number of rotatable bonds is 3. The summed E-state index contributed by atoms with van der Waals surface area (Å²) in [5, 5.41) is 0.302. The minimum Gasteiger partial charge on any atom is -0.411 e. The molecule has 0 spiro atoms. The van der Waals surface area contributed by atoms with Gasteiger partial charge in [-0.2, -0.15) is 0 Å². The van der Waals surface area contributed by atoms with E-state index in [0.29, 0.717) is 11.1 Å². The molecule has 2 atom stereocenters. The Hall–Kier alpha value is 0.137.